The lowest BCUT2D eigenvalue weighted by Crippen LogP contribution is -2.24. The Bertz CT molecular complexity index is 514. The van der Waals surface area contributed by atoms with Crippen molar-refractivity contribution < 1.29 is 5.11 Å². The van der Waals surface area contributed by atoms with Crippen LogP contribution in [0.1, 0.15) is 26.2 Å². The van der Waals surface area contributed by atoms with Gasteiger partial charge in [-0.3, -0.25) is 0 Å². The summed E-state index contributed by atoms with van der Waals surface area (Å²) in [6, 6.07) is 1.94. The number of nitrogen functional groups attached to an aromatic ring is 1. The van der Waals surface area contributed by atoms with Crippen LogP contribution in [0.15, 0.2) is 11.4 Å². The first-order chi connectivity index (χ1) is 8.74. The van der Waals surface area contributed by atoms with E-state index in [-0.39, 0.29) is 18.6 Å². The second kappa shape index (κ2) is 5.97. The second-order valence-corrected chi connectivity index (χ2v) is 5.15. The summed E-state index contributed by atoms with van der Waals surface area (Å²) in [6.07, 6.45) is 3.11. The van der Waals surface area contributed by atoms with Gasteiger partial charge in [0.1, 0.15) is 5.82 Å². The molecule has 98 valence electrons. The van der Waals surface area contributed by atoms with Crippen molar-refractivity contribution in [3.8, 4) is 0 Å². The van der Waals surface area contributed by atoms with Crippen molar-refractivity contribution in [2.75, 3.05) is 17.7 Å². The third kappa shape index (κ3) is 2.88. The Labute approximate surface area is 110 Å². The van der Waals surface area contributed by atoms with E-state index < -0.39 is 0 Å². The van der Waals surface area contributed by atoms with Gasteiger partial charge in [-0.25, -0.2) is 4.98 Å². The first kappa shape index (κ1) is 13.0. The van der Waals surface area contributed by atoms with E-state index in [2.05, 4.69) is 22.2 Å². The highest BCUT2D eigenvalue weighted by Gasteiger charge is 2.12. The molecule has 2 rings (SSSR count). The lowest BCUT2D eigenvalue weighted by Gasteiger charge is -2.17. The van der Waals surface area contributed by atoms with Gasteiger partial charge < -0.3 is 16.2 Å². The van der Waals surface area contributed by atoms with E-state index in [1.165, 1.54) is 0 Å². The number of fused-ring (bicyclic) bond motifs is 1. The van der Waals surface area contributed by atoms with Gasteiger partial charge in [-0.1, -0.05) is 19.8 Å². The molecule has 2 aromatic heterocycles. The van der Waals surface area contributed by atoms with E-state index in [4.69, 9.17) is 5.73 Å². The van der Waals surface area contributed by atoms with Crippen molar-refractivity contribution in [3.05, 3.63) is 11.4 Å². The highest BCUT2D eigenvalue weighted by molar-refractivity contribution is 7.17. The van der Waals surface area contributed by atoms with Crippen molar-refractivity contribution in [2.45, 2.75) is 32.2 Å². The summed E-state index contributed by atoms with van der Waals surface area (Å²) in [5, 5.41) is 14.6. The molecular formula is C12H18N4OS. The number of aliphatic hydroxyl groups is 1. The molecule has 0 aromatic carbocycles. The molecule has 0 saturated carbocycles. The van der Waals surface area contributed by atoms with Gasteiger partial charge in [0, 0.05) is 0 Å². The second-order valence-electron chi connectivity index (χ2n) is 4.23. The van der Waals surface area contributed by atoms with E-state index in [0.29, 0.717) is 0 Å². The molecule has 1 atom stereocenters. The van der Waals surface area contributed by atoms with Crippen LogP contribution in [0.25, 0.3) is 10.2 Å². The maximum atomic E-state index is 9.37. The normalized spacial score (nSPS) is 12.8. The minimum atomic E-state index is 0.0181. The van der Waals surface area contributed by atoms with E-state index >= 15 is 0 Å². The van der Waals surface area contributed by atoms with Crippen molar-refractivity contribution in [3.63, 3.8) is 0 Å². The van der Waals surface area contributed by atoms with Gasteiger partial charge in [-0.2, -0.15) is 4.98 Å². The van der Waals surface area contributed by atoms with Crippen LogP contribution in [0.3, 0.4) is 0 Å². The van der Waals surface area contributed by atoms with Crippen LogP contribution in [0.4, 0.5) is 11.8 Å². The van der Waals surface area contributed by atoms with Gasteiger partial charge in [0.15, 0.2) is 0 Å². The van der Waals surface area contributed by atoms with Gasteiger partial charge in [0.2, 0.25) is 5.95 Å². The molecular weight excluding hydrogens is 248 g/mol. The van der Waals surface area contributed by atoms with Crippen LogP contribution in [-0.2, 0) is 0 Å². The molecule has 0 amide bonds. The summed E-state index contributed by atoms with van der Waals surface area (Å²) in [5.74, 6) is 0.984. The lowest BCUT2D eigenvalue weighted by atomic mass is 10.1. The number of nitrogens with one attached hydrogen (secondary N) is 1. The van der Waals surface area contributed by atoms with Gasteiger partial charge in [0.05, 0.1) is 22.9 Å². The largest absolute Gasteiger partial charge is 0.394 e. The summed E-state index contributed by atoms with van der Waals surface area (Å²) < 4.78 is 0.985. The molecule has 0 fully saturated rings. The molecule has 18 heavy (non-hydrogen) atoms. The highest BCUT2D eigenvalue weighted by Crippen LogP contribution is 2.27. The highest BCUT2D eigenvalue weighted by atomic mass is 32.1. The molecule has 5 nitrogen and oxygen atoms in total. The number of unbranched alkanes of at least 4 members (excludes halogenated alkanes) is 1. The molecule has 0 unspecified atom stereocenters. The standard InChI is InChI=1S/C12H18N4OS/c1-2-3-4-8(7-17)14-11-10-9(5-6-18-10)15-12(13)16-11/h5-6,8,17H,2-4,7H2,1H3,(H3,13,14,15,16)/t8-/m1/s1. The van der Waals surface area contributed by atoms with Crippen LogP contribution >= 0.6 is 11.3 Å². The first-order valence-corrected chi connectivity index (χ1v) is 7.00. The van der Waals surface area contributed by atoms with Crippen molar-refractivity contribution in [2.24, 2.45) is 0 Å². The van der Waals surface area contributed by atoms with E-state index in [9.17, 15) is 5.11 Å². The molecule has 0 aliphatic carbocycles. The van der Waals surface area contributed by atoms with Crippen LogP contribution in [0.5, 0.6) is 0 Å². The Morgan fingerprint density at radius 2 is 2.33 bits per heavy atom. The predicted molar refractivity (Wildman–Crippen MR) is 75.8 cm³/mol. The fraction of sp³-hybridized carbons (Fsp3) is 0.500. The van der Waals surface area contributed by atoms with Gasteiger partial charge in [-0.15, -0.1) is 11.3 Å². The zero-order valence-corrected chi connectivity index (χ0v) is 11.2. The van der Waals surface area contributed by atoms with E-state index in [0.717, 1.165) is 35.3 Å². The molecule has 0 saturated heterocycles. The van der Waals surface area contributed by atoms with Gasteiger partial charge in [0.25, 0.3) is 0 Å². The summed E-state index contributed by atoms with van der Waals surface area (Å²) in [5.41, 5.74) is 6.53. The number of anilines is 2. The Balaban J connectivity index is 2.21. The number of thiophene rings is 1. The van der Waals surface area contributed by atoms with Crippen molar-refractivity contribution in [1.82, 2.24) is 9.97 Å². The zero-order valence-electron chi connectivity index (χ0n) is 10.4. The average molecular weight is 266 g/mol. The SMILES string of the molecule is CCCC[C@H](CO)Nc1nc(N)nc2ccsc12. The number of nitrogens with two attached hydrogens (primary N) is 1. The fourth-order valence-corrected chi connectivity index (χ4v) is 2.62. The molecule has 0 spiro atoms. The molecule has 2 aromatic rings. The quantitative estimate of drug-likeness (QED) is 0.746. The number of aliphatic hydroxyl groups excluding tert-OH is 1. The third-order valence-corrected chi connectivity index (χ3v) is 3.70. The first-order valence-electron chi connectivity index (χ1n) is 6.12. The summed E-state index contributed by atoms with van der Waals surface area (Å²) in [4.78, 5) is 8.39. The van der Waals surface area contributed by atoms with Crippen LogP contribution < -0.4 is 11.1 Å². The number of hydrogen-bond acceptors (Lipinski definition) is 6. The predicted octanol–water partition coefficient (Wildman–Crippen LogP) is 2.24. The summed E-state index contributed by atoms with van der Waals surface area (Å²) >= 11 is 1.57. The van der Waals surface area contributed by atoms with Crippen LogP contribution in [-0.4, -0.2) is 27.7 Å². The Morgan fingerprint density at radius 1 is 1.50 bits per heavy atom. The smallest absolute Gasteiger partial charge is 0.222 e. The van der Waals surface area contributed by atoms with Crippen LogP contribution in [0, 0.1) is 0 Å². The maximum absolute atomic E-state index is 9.37. The maximum Gasteiger partial charge on any atom is 0.222 e. The third-order valence-electron chi connectivity index (χ3n) is 2.79. The number of aromatic nitrogens is 2. The summed E-state index contributed by atoms with van der Waals surface area (Å²) in [6.45, 7) is 2.23. The topological polar surface area (TPSA) is 84.1 Å². The zero-order chi connectivity index (χ0) is 13.0. The minimum absolute atomic E-state index is 0.0181. The van der Waals surface area contributed by atoms with E-state index in [1.54, 1.807) is 11.3 Å². The molecule has 2 heterocycles. The fourth-order valence-electron chi connectivity index (χ4n) is 1.83. The van der Waals surface area contributed by atoms with Crippen molar-refractivity contribution in [1.29, 1.82) is 0 Å². The lowest BCUT2D eigenvalue weighted by molar-refractivity contribution is 0.267. The Kier molecular flexibility index (Phi) is 4.33. The van der Waals surface area contributed by atoms with Gasteiger partial charge >= 0.3 is 0 Å². The van der Waals surface area contributed by atoms with Gasteiger partial charge in [-0.05, 0) is 17.9 Å². The molecule has 4 N–H and O–H groups in total. The van der Waals surface area contributed by atoms with Crippen LogP contribution in [0.2, 0.25) is 0 Å². The minimum Gasteiger partial charge on any atom is -0.394 e. The molecule has 0 aliphatic rings. The molecule has 0 bridgehead atoms. The Morgan fingerprint density at radius 3 is 3.06 bits per heavy atom. The molecule has 6 heteroatoms. The number of nitrogens with zero attached hydrogens (tertiary/aromatic N) is 2. The Hall–Kier alpha value is -1.40. The number of hydrogen-bond donors (Lipinski definition) is 3. The van der Waals surface area contributed by atoms with Crippen molar-refractivity contribution >= 4 is 33.3 Å². The number of rotatable bonds is 6. The molecule has 0 radical (unpaired) electrons. The van der Waals surface area contributed by atoms with E-state index in [1.807, 2.05) is 11.4 Å². The monoisotopic (exact) mass is 266 g/mol. The molecule has 0 aliphatic heterocycles. The average Bonchev–Trinajstić information content (AvgIpc) is 2.82. The summed E-state index contributed by atoms with van der Waals surface area (Å²) in [7, 11) is 0.